The quantitative estimate of drug-likeness (QED) is 0.819. The topological polar surface area (TPSA) is 69.6 Å². The summed E-state index contributed by atoms with van der Waals surface area (Å²) in [5.74, 6) is 0. The predicted molar refractivity (Wildman–Crippen MR) is 85.8 cm³/mol. The first kappa shape index (κ1) is 15.2. The molecule has 0 atom stereocenters. The Bertz CT molecular complexity index is 925. The van der Waals surface area contributed by atoms with Crippen molar-refractivity contribution in [2.75, 3.05) is 0 Å². The minimum Gasteiger partial charge on any atom is -0.298 e. The summed E-state index contributed by atoms with van der Waals surface area (Å²) >= 11 is 4.55. The Kier molecular flexibility index (Phi) is 4.74. The van der Waals surface area contributed by atoms with Crippen LogP contribution in [0.15, 0.2) is 33.5 Å². The van der Waals surface area contributed by atoms with Crippen LogP contribution in [0.3, 0.4) is 0 Å². The van der Waals surface area contributed by atoms with Gasteiger partial charge in [-0.3, -0.25) is 9.36 Å². The molecule has 2 rings (SSSR count). The van der Waals surface area contributed by atoms with Gasteiger partial charge in [0.25, 0.3) is 5.56 Å². The van der Waals surface area contributed by atoms with Gasteiger partial charge in [-0.25, -0.2) is 0 Å². The van der Waals surface area contributed by atoms with Crippen molar-refractivity contribution in [1.29, 1.82) is 10.5 Å². The highest BCUT2D eigenvalue weighted by Crippen LogP contribution is 2.11. The highest BCUT2D eigenvalue weighted by Gasteiger charge is 2.07. The minimum atomic E-state index is -0.180. The molecule has 0 amide bonds. The number of hydrogen-bond acceptors (Lipinski definition) is 4. The average molecular weight is 360 g/mol. The Morgan fingerprint density at radius 3 is 2.71 bits per heavy atom. The van der Waals surface area contributed by atoms with Crippen LogP contribution in [0.5, 0.6) is 0 Å². The number of rotatable bonds is 2. The van der Waals surface area contributed by atoms with Gasteiger partial charge >= 0.3 is 0 Å². The molecule has 0 N–H and O–H groups in total. The van der Waals surface area contributed by atoms with Gasteiger partial charge in [0.1, 0.15) is 16.8 Å². The summed E-state index contributed by atoms with van der Waals surface area (Å²) in [5.41, 5.74) is 0.668. The van der Waals surface area contributed by atoms with E-state index < -0.39 is 0 Å². The molecule has 0 saturated carbocycles. The van der Waals surface area contributed by atoms with E-state index in [2.05, 4.69) is 15.9 Å². The van der Waals surface area contributed by atoms with Crippen LogP contribution in [0.25, 0.3) is 11.6 Å². The molecule has 1 heterocycles. The molecule has 0 aliphatic heterocycles. The number of halogens is 1. The van der Waals surface area contributed by atoms with Gasteiger partial charge in [0, 0.05) is 11.0 Å². The van der Waals surface area contributed by atoms with Gasteiger partial charge < -0.3 is 0 Å². The van der Waals surface area contributed by atoms with Crippen LogP contribution < -0.4 is 14.8 Å². The van der Waals surface area contributed by atoms with Crippen molar-refractivity contribution >= 4 is 38.9 Å². The standard InChI is InChI=1S/C15H10BrN3OS/c1-2-19-14(20)13(21-15(19)11(8-17)9-18)7-10-4-3-5-12(16)6-10/h3-7H,2H2,1H3/b13-7+. The third-order valence-corrected chi connectivity index (χ3v) is 4.43. The normalized spacial score (nSPS) is 11.0. The second-order valence-corrected chi connectivity index (χ2v) is 6.07. The van der Waals surface area contributed by atoms with E-state index in [0.29, 0.717) is 15.7 Å². The summed E-state index contributed by atoms with van der Waals surface area (Å²) in [6, 6.07) is 11.2. The fraction of sp³-hybridized carbons (Fsp3) is 0.133. The van der Waals surface area contributed by atoms with Crippen LogP contribution >= 0.6 is 27.3 Å². The molecule has 6 heteroatoms. The van der Waals surface area contributed by atoms with E-state index in [-0.39, 0.29) is 11.1 Å². The van der Waals surface area contributed by atoms with E-state index in [1.165, 1.54) is 15.9 Å². The molecule has 0 aliphatic carbocycles. The lowest BCUT2D eigenvalue weighted by molar-refractivity contribution is 0.722. The van der Waals surface area contributed by atoms with Crippen molar-refractivity contribution < 1.29 is 0 Å². The molecule has 0 bridgehead atoms. The Morgan fingerprint density at radius 1 is 1.43 bits per heavy atom. The zero-order chi connectivity index (χ0) is 15.4. The first-order chi connectivity index (χ1) is 10.1. The van der Waals surface area contributed by atoms with Crippen LogP contribution in [0.2, 0.25) is 0 Å². The van der Waals surface area contributed by atoms with E-state index in [0.717, 1.165) is 10.0 Å². The summed E-state index contributed by atoms with van der Waals surface area (Å²) < 4.78 is 3.29. The molecule has 0 fully saturated rings. The maximum atomic E-state index is 12.3. The minimum absolute atomic E-state index is 0.0344. The van der Waals surface area contributed by atoms with Gasteiger partial charge in [-0.2, -0.15) is 10.5 Å². The molecule has 2 aromatic rings. The monoisotopic (exact) mass is 359 g/mol. The third kappa shape index (κ3) is 3.13. The zero-order valence-corrected chi connectivity index (χ0v) is 13.5. The second-order valence-electron chi connectivity index (χ2n) is 4.12. The second kappa shape index (κ2) is 6.53. The summed E-state index contributed by atoms with van der Waals surface area (Å²) in [6.07, 6.45) is 1.76. The molecule has 0 radical (unpaired) electrons. The maximum absolute atomic E-state index is 12.3. The van der Waals surface area contributed by atoms with Crippen molar-refractivity contribution in [3.63, 3.8) is 0 Å². The molecular formula is C15H10BrN3OS. The lowest BCUT2D eigenvalue weighted by Gasteiger charge is -1.93. The van der Waals surface area contributed by atoms with Gasteiger partial charge in [0.05, 0.1) is 4.53 Å². The molecule has 1 aromatic heterocycles. The zero-order valence-electron chi connectivity index (χ0n) is 11.1. The lowest BCUT2D eigenvalue weighted by Crippen LogP contribution is -2.31. The Labute approximate surface area is 133 Å². The predicted octanol–water partition coefficient (Wildman–Crippen LogP) is 1.72. The molecular weight excluding hydrogens is 350 g/mol. The average Bonchev–Trinajstić information content (AvgIpc) is 2.77. The molecule has 104 valence electrons. The Morgan fingerprint density at radius 2 is 2.14 bits per heavy atom. The molecule has 0 spiro atoms. The number of nitriles is 2. The van der Waals surface area contributed by atoms with Gasteiger partial charge in [0.15, 0.2) is 5.57 Å². The smallest absolute Gasteiger partial charge is 0.269 e. The highest BCUT2D eigenvalue weighted by atomic mass is 79.9. The van der Waals surface area contributed by atoms with Crippen LogP contribution in [-0.2, 0) is 6.54 Å². The number of thiazole rings is 1. The first-order valence-corrected chi connectivity index (χ1v) is 7.73. The fourth-order valence-corrected chi connectivity index (χ4v) is 3.39. The van der Waals surface area contributed by atoms with Gasteiger partial charge in [0.2, 0.25) is 0 Å². The first-order valence-electron chi connectivity index (χ1n) is 6.12. The highest BCUT2D eigenvalue weighted by molar-refractivity contribution is 9.10. The van der Waals surface area contributed by atoms with Gasteiger partial charge in [-0.1, -0.05) is 28.1 Å². The van der Waals surface area contributed by atoms with Crippen LogP contribution in [0.4, 0.5) is 0 Å². The van der Waals surface area contributed by atoms with E-state index >= 15 is 0 Å². The molecule has 1 aromatic carbocycles. The molecule has 0 aliphatic rings. The summed E-state index contributed by atoms with van der Waals surface area (Å²) in [7, 11) is 0. The van der Waals surface area contributed by atoms with Crippen molar-refractivity contribution in [1.82, 2.24) is 4.57 Å². The summed E-state index contributed by atoms with van der Waals surface area (Å²) in [6.45, 7) is 2.23. The van der Waals surface area contributed by atoms with Crippen molar-refractivity contribution in [3.05, 3.63) is 53.9 Å². The third-order valence-electron chi connectivity index (χ3n) is 2.81. The van der Waals surface area contributed by atoms with E-state index in [1.54, 1.807) is 6.08 Å². The number of aromatic nitrogens is 1. The van der Waals surface area contributed by atoms with Crippen molar-refractivity contribution in [2.45, 2.75) is 13.5 Å². The van der Waals surface area contributed by atoms with Crippen molar-refractivity contribution in [2.24, 2.45) is 0 Å². The van der Waals surface area contributed by atoms with Crippen LogP contribution in [0, 0.1) is 22.7 Å². The van der Waals surface area contributed by atoms with E-state index in [9.17, 15) is 4.79 Å². The molecule has 4 nitrogen and oxygen atoms in total. The largest absolute Gasteiger partial charge is 0.298 e. The van der Waals surface area contributed by atoms with Gasteiger partial charge in [-0.05, 0) is 30.7 Å². The van der Waals surface area contributed by atoms with Crippen LogP contribution in [-0.4, -0.2) is 4.57 Å². The number of benzene rings is 1. The van der Waals surface area contributed by atoms with Crippen molar-refractivity contribution in [3.8, 4) is 12.1 Å². The van der Waals surface area contributed by atoms with E-state index in [4.69, 9.17) is 10.5 Å². The number of hydrogen-bond donors (Lipinski definition) is 0. The SMILES string of the molecule is CCn1c(=C(C#N)C#N)s/c(=C/c2cccc(Br)c2)c1=O. The summed E-state index contributed by atoms with van der Waals surface area (Å²) in [5, 5.41) is 18.0. The molecule has 0 unspecified atom stereocenters. The molecule has 21 heavy (non-hydrogen) atoms. The molecule has 0 saturated heterocycles. The summed E-state index contributed by atoms with van der Waals surface area (Å²) in [4.78, 5) is 12.3. The number of nitrogens with zero attached hydrogens (tertiary/aromatic N) is 3. The van der Waals surface area contributed by atoms with Crippen LogP contribution in [0.1, 0.15) is 12.5 Å². The Hall–Kier alpha value is -2.15. The van der Waals surface area contributed by atoms with Gasteiger partial charge in [-0.15, -0.1) is 11.3 Å². The fourth-order valence-electron chi connectivity index (χ4n) is 1.86. The maximum Gasteiger partial charge on any atom is 0.269 e. The Balaban J connectivity index is 2.81. The lowest BCUT2D eigenvalue weighted by atomic mass is 10.2. The van der Waals surface area contributed by atoms with E-state index in [1.807, 2.05) is 43.3 Å².